The molecule has 0 bridgehead atoms. The third-order valence-electron chi connectivity index (χ3n) is 3.77. The first kappa shape index (κ1) is 16.2. The maximum Gasteiger partial charge on any atom is 0.254 e. The van der Waals surface area contributed by atoms with Gasteiger partial charge in [-0.3, -0.25) is 4.79 Å². The largest absolute Gasteiger partial charge is 0.331 e. The molecule has 1 aliphatic rings. The van der Waals surface area contributed by atoms with E-state index in [1.165, 1.54) is 18.2 Å². The SMILES string of the molecule is O=C(c1ccc(Cl)c(Cl)c1)N(Cc1ccc(F)cc1F)C1CC1. The van der Waals surface area contributed by atoms with Gasteiger partial charge in [-0.25, -0.2) is 8.78 Å². The maximum atomic E-state index is 13.9. The predicted octanol–water partition coefficient (Wildman–Crippen LogP) is 5.08. The topological polar surface area (TPSA) is 20.3 Å². The molecule has 0 N–H and O–H groups in total. The number of hydrogen-bond acceptors (Lipinski definition) is 1. The van der Waals surface area contributed by atoms with Crippen molar-refractivity contribution >= 4 is 29.1 Å². The van der Waals surface area contributed by atoms with Gasteiger partial charge in [0, 0.05) is 29.8 Å². The van der Waals surface area contributed by atoms with Gasteiger partial charge < -0.3 is 4.90 Å². The van der Waals surface area contributed by atoms with E-state index in [1.807, 2.05) is 0 Å². The Morgan fingerprint density at radius 1 is 1.09 bits per heavy atom. The van der Waals surface area contributed by atoms with Crippen LogP contribution in [0.2, 0.25) is 10.0 Å². The molecule has 0 atom stereocenters. The fraction of sp³-hybridized carbons (Fsp3) is 0.235. The van der Waals surface area contributed by atoms with Crippen molar-refractivity contribution < 1.29 is 13.6 Å². The second-order valence-electron chi connectivity index (χ2n) is 5.53. The molecule has 0 unspecified atom stereocenters. The molecule has 6 heteroatoms. The summed E-state index contributed by atoms with van der Waals surface area (Å²) in [5.74, 6) is -1.53. The van der Waals surface area contributed by atoms with Crippen LogP contribution in [0.3, 0.4) is 0 Å². The minimum absolute atomic E-state index is 0.0707. The van der Waals surface area contributed by atoms with E-state index in [1.54, 1.807) is 17.0 Å². The minimum Gasteiger partial charge on any atom is -0.331 e. The van der Waals surface area contributed by atoms with Crippen LogP contribution in [0.15, 0.2) is 36.4 Å². The summed E-state index contributed by atoms with van der Waals surface area (Å²) in [6, 6.07) is 8.09. The molecule has 120 valence electrons. The van der Waals surface area contributed by atoms with Crippen molar-refractivity contribution in [1.29, 1.82) is 0 Å². The maximum absolute atomic E-state index is 13.9. The van der Waals surface area contributed by atoms with E-state index in [-0.39, 0.29) is 24.1 Å². The molecule has 0 aliphatic heterocycles. The van der Waals surface area contributed by atoms with Gasteiger partial charge in [-0.1, -0.05) is 29.3 Å². The molecule has 0 saturated heterocycles. The van der Waals surface area contributed by atoms with Crippen LogP contribution in [0.5, 0.6) is 0 Å². The molecular weight excluding hydrogens is 343 g/mol. The summed E-state index contributed by atoms with van der Waals surface area (Å²) in [7, 11) is 0. The lowest BCUT2D eigenvalue weighted by Gasteiger charge is -2.23. The molecule has 0 spiro atoms. The second-order valence-corrected chi connectivity index (χ2v) is 6.34. The second kappa shape index (κ2) is 6.46. The average molecular weight is 356 g/mol. The van der Waals surface area contributed by atoms with E-state index in [9.17, 15) is 13.6 Å². The molecule has 0 heterocycles. The summed E-state index contributed by atoms with van der Waals surface area (Å²) in [6.07, 6.45) is 1.74. The van der Waals surface area contributed by atoms with Crippen LogP contribution in [0.1, 0.15) is 28.8 Å². The first-order valence-electron chi connectivity index (χ1n) is 7.15. The van der Waals surface area contributed by atoms with Crippen molar-refractivity contribution in [3.05, 3.63) is 69.2 Å². The van der Waals surface area contributed by atoms with Gasteiger partial charge in [-0.05, 0) is 37.1 Å². The molecule has 1 saturated carbocycles. The van der Waals surface area contributed by atoms with Crippen LogP contribution in [0.25, 0.3) is 0 Å². The van der Waals surface area contributed by atoms with Gasteiger partial charge in [-0.15, -0.1) is 0 Å². The monoisotopic (exact) mass is 355 g/mol. The first-order valence-corrected chi connectivity index (χ1v) is 7.91. The van der Waals surface area contributed by atoms with Gasteiger partial charge in [0.2, 0.25) is 0 Å². The van der Waals surface area contributed by atoms with Crippen molar-refractivity contribution in [3.63, 3.8) is 0 Å². The predicted molar refractivity (Wildman–Crippen MR) is 85.7 cm³/mol. The number of amides is 1. The number of hydrogen-bond donors (Lipinski definition) is 0. The normalized spacial score (nSPS) is 13.9. The highest BCUT2D eigenvalue weighted by Gasteiger charge is 2.33. The van der Waals surface area contributed by atoms with Crippen molar-refractivity contribution in [2.24, 2.45) is 0 Å². The summed E-state index contributed by atoms with van der Waals surface area (Å²) in [4.78, 5) is 14.3. The Labute approximate surface area is 142 Å². The van der Waals surface area contributed by atoms with Crippen molar-refractivity contribution in [1.82, 2.24) is 4.90 Å². The molecule has 0 aromatic heterocycles. The van der Waals surface area contributed by atoms with Gasteiger partial charge in [0.15, 0.2) is 0 Å². The van der Waals surface area contributed by atoms with Crippen LogP contribution in [0, 0.1) is 11.6 Å². The summed E-state index contributed by atoms with van der Waals surface area (Å²) < 4.78 is 26.9. The minimum atomic E-state index is -0.655. The molecule has 2 nitrogen and oxygen atoms in total. The van der Waals surface area contributed by atoms with E-state index in [4.69, 9.17) is 23.2 Å². The third-order valence-corrected chi connectivity index (χ3v) is 4.51. The number of nitrogens with zero attached hydrogens (tertiary/aromatic N) is 1. The van der Waals surface area contributed by atoms with Crippen molar-refractivity contribution in [2.75, 3.05) is 0 Å². The van der Waals surface area contributed by atoms with Gasteiger partial charge >= 0.3 is 0 Å². The zero-order valence-corrected chi connectivity index (χ0v) is 13.5. The van der Waals surface area contributed by atoms with E-state index in [2.05, 4.69) is 0 Å². The summed E-state index contributed by atoms with van der Waals surface area (Å²) in [5, 5.41) is 0.659. The Balaban J connectivity index is 1.86. The Bertz CT molecular complexity index is 762. The highest BCUT2D eigenvalue weighted by molar-refractivity contribution is 6.42. The fourth-order valence-electron chi connectivity index (χ4n) is 2.38. The lowest BCUT2D eigenvalue weighted by atomic mass is 10.1. The summed E-state index contributed by atoms with van der Waals surface area (Å²) in [5.41, 5.74) is 0.681. The van der Waals surface area contributed by atoms with Crippen LogP contribution in [-0.4, -0.2) is 16.8 Å². The molecule has 3 rings (SSSR count). The van der Waals surface area contributed by atoms with E-state index in [0.29, 0.717) is 15.6 Å². The standard InChI is InChI=1S/C17H13Cl2F2NO/c18-14-6-2-10(7-15(14)19)17(23)22(13-4-5-13)9-11-1-3-12(20)8-16(11)21/h1-3,6-8,13H,4-5,9H2. The Morgan fingerprint density at radius 2 is 1.83 bits per heavy atom. The number of carbonyl (C=O) groups excluding carboxylic acids is 1. The highest BCUT2D eigenvalue weighted by Crippen LogP contribution is 2.31. The Hall–Kier alpha value is -1.65. The number of halogens is 4. The van der Waals surface area contributed by atoms with Gasteiger partial charge in [0.05, 0.1) is 10.0 Å². The van der Waals surface area contributed by atoms with Crippen molar-refractivity contribution in [3.8, 4) is 0 Å². The summed E-state index contributed by atoms with van der Waals surface area (Å²) >= 11 is 11.8. The number of benzene rings is 2. The molecule has 2 aromatic carbocycles. The molecule has 1 aliphatic carbocycles. The van der Waals surface area contributed by atoms with E-state index < -0.39 is 11.6 Å². The Kier molecular flexibility index (Phi) is 4.55. The quantitative estimate of drug-likeness (QED) is 0.749. The zero-order valence-electron chi connectivity index (χ0n) is 12.0. The van der Waals surface area contributed by atoms with Crippen LogP contribution in [-0.2, 0) is 6.54 Å². The molecule has 0 radical (unpaired) electrons. The van der Waals surface area contributed by atoms with Crippen LogP contribution >= 0.6 is 23.2 Å². The molecule has 23 heavy (non-hydrogen) atoms. The average Bonchev–Trinajstić information content (AvgIpc) is 3.33. The highest BCUT2D eigenvalue weighted by atomic mass is 35.5. The van der Waals surface area contributed by atoms with Gasteiger partial charge in [0.1, 0.15) is 11.6 Å². The first-order chi connectivity index (χ1) is 11.0. The van der Waals surface area contributed by atoms with Crippen LogP contribution in [0.4, 0.5) is 8.78 Å². The van der Waals surface area contributed by atoms with Gasteiger partial charge in [0.25, 0.3) is 5.91 Å². The van der Waals surface area contributed by atoms with Crippen molar-refractivity contribution in [2.45, 2.75) is 25.4 Å². The molecule has 1 fully saturated rings. The van der Waals surface area contributed by atoms with E-state index in [0.717, 1.165) is 18.9 Å². The zero-order chi connectivity index (χ0) is 16.6. The number of carbonyl (C=O) groups is 1. The molecule has 2 aromatic rings. The fourth-order valence-corrected chi connectivity index (χ4v) is 2.68. The lowest BCUT2D eigenvalue weighted by Crippen LogP contribution is -2.33. The third kappa shape index (κ3) is 3.65. The van der Waals surface area contributed by atoms with Crippen LogP contribution < -0.4 is 0 Å². The van der Waals surface area contributed by atoms with E-state index >= 15 is 0 Å². The molecule has 1 amide bonds. The summed E-state index contributed by atoms with van der Waals surface area (Å²) in [6.45, 7) is 0.0931. The smallest absolute Gasteiger partial charge is 0.254 e. The number of rotatable bonds is 4. The Morgan fingerprint density at radius 3 is 2.43 bits per heavy atom. The molecular formula is C17H13Cl2F2NO. The van der Waals surface area contributed by atoms with Gasteiger partial charge in [-0.2, -0.15) is 0 Å². The lowest BCUT2D eigenvalue weighted by molar-refractivity contribution is 0.0728.